The largest absolute Gasteiger partial charge is 0.447 e. The Morgan fingerprint density at radius 1 is 1.26 bits per heavy atom. The van der Waals surface area contributed by atoms with E-state index in [0.29, 0.717) is 32.8 Å². The van der Waals surface area contributed by atoms with Crippen LogP contribution in [-0.2, 0) is 25.7 Å². The van der Waals surface area contributed by atoms with Crippen LogP contribution in [0.5, 0.6) is 0 Å². The van der Waals surface area contributed by atoms with Gasteiger partial charge in [0.05, 0.1) is 49.0 Å². The Morgan fingerprint density at radius 2 is 2.05 bits per heavy atom. The number of aromatic nitrogens is 2. The Bertz CT molecular complexity index is 1160. The van der Waals surface area contributed by atoms with Crippen LogP contribution in [-0.4, -0.2) is 78.1 Å². The zero-order chi connectivity index (χ0) is 27.8. The molecule has 9 nitrogen and oxygen atoms in total. The first-order valence-corrected chi connectivity index (χ1v) is 17.9. The third kappa shape index (κ3) is 6.20. The number of fused-ring (bicyclic) bond motifs is 1. The summed E-state index contributed by atoms with van der Waals surface area (Å²) in [5, 5.41) is 16.2. The van der Waals surface area contributed by atoms with Gasteiger partial charge in [0.2, 0.25) is 0 Å². The summed E-state index contributed by atoms with van der Waals surface area (Å²) in [6, 6.07) is 3.28. The number of allylic oxidation sites excluding steroid dienone is 1. The Morgan fingerprint density at radius 3 is 2.77 bits per heavy atom. The molecule has 4 heterocycles. The summed E-state index contributed by atoms with van der Waals surface area (Å²) < 4.78 is 25.8. The lowest BCUT2D eigenvalue weighted by atomic mass is 9.70. The second kappa shape index (κ2) is 11.2. The molecule has 0 bridgehead atoms. The van der Waals surface area contributed by atoms with E-state index in [1.165, 1.54) is 0 Å². The lowest BCUT2D eigenvalue weighted by Gasteiger charge is -2.47. The molecule has 1 saturated heterocycles. The Kier molecular flexibility index (Phi) is 8.12. The second-order valence-corrected chi connectivity index (χ2v) is 18.1. The fourth-order valence-corrected chi connectivity index (χ4v) is 6.25. The number of anilines is 1. The molecule has 2 fully saturated rings. The van der Waals surface area contributed by atoms with E-state index in [0.717, 1.165) is 47.7 Å². The number of ether oxygens (including phenoxy) is 4. The highest BCUT2D eigenvalue weighted by molar-refractivity contribution is 6.76. The molecular weight excluding hydrogens is 512 g/mol. The predicted molar refractivity (Wildman–Crippen MR) is 153 cm³/mol. The van der Waals surface area contributed by atoms with E-state index >= 15 is 0 Å². The first kappa shape index (κ1) is 28.2. The van der Waals surface area contributed by atoms with Crippen LogP contribution in [0, 0.1) is 0 Å². The normalized spacial score (nSPS) is 27.3. The van der Waals surface area contributed by atoms with Crippen molar-refractivity contribution in [1.82, 2.24) is 14.7 Å². The zero-order valence-electron chi connectivity index (χ0n) is 24.2. The van der Waals surface area contributed by atoms with Gasteiger partial charge in [-0.05, 0) is 38.5 Å². The van der Waals surface area contributed by atoms with E-state index in [1.54, 1.807) is 12.5 Å². The van der Waals surface area contributed by atoms with Gasteiger partial charge in [-0.15, -0.1) is 0 Å². The molecule has 39 heavy (non-hydrogen) atoms. The summed E-state index contributed by atoms with van der Waals surface area (Å²) in [5.74, 6) is 1.65. The first-order chi connectivity index (χ1) is 18.5. The Hall–Kier alpha value is -2.37. The number of hydrogen-bond acceptors (Lipinski definition) is 8. The highest BCUT2D eigenvalue weighted by Gasteiger charge is 2.48. The average molecular weight is 557 g/mol. The minimum atomic E-state index is -1.17. The van der Waals surface area contributed by atoms with Crippen LogP contribution < -0.4 is 4.90 Å². The average Bonchev–Trinajstić information content (AvgIpc) is 3.32. The fraction of sp³-hybridized carbons (Fsp3) is 0.621. The molecule has 3 aliphatic heterocycles. The summed E-state index contributed by atoms with van der Waals surface area (Å²) in [6.07, 6.45) is 11.0. The molecular formula is C29H44N4O5Si. The van der Waals surface area contributed by atoms with E-state index in [4.69, 9.17) is 18.9 Å². The van der Waals surface area contributed by atoms with Gasteiger partial charge in [-0.1, -0.05) is 19.6 Å². The van der Waals surface area contributed by atoms with Crippen LogP contribution >= 0.6 is 0 Å². The zero-order valence-corrected chi connectivity index (χ0v) is 25.2. The summed E-state index contributed by atoms with van der Waals surface area (Å²) in [7, 11) is -1.17. The number of nitrogens with zero attached hydrogens (tertiary/aromatic N) is 4. The lowest BCUT2D eigenvalue weighted by Crippen LogP contribution is -2.51. The van der Waals surface area contributed by atoms with E-state index in [1.807, 2.05) is 36.9 Å². The van der Waals surface area contributed by atoms with E-state index in [2.05, 4.69) is 47.5 Å². The SMILES string of the molecule is CC(C)OC1CC(O)(C2=C3C=C(N4CCOC[C@H]4C)OC=C3N(c3ccnn3COCC[Si](C)(C)C)C=C2)C1. The maximum atomic E-state index is 11.7. The van der Waals surface area contributed by atoms with Gasteiger partial charge in [0, 0.05) is 58.0 Å². The van der Waals surface area contributed by atoms with E-state index < -0.39 is 13.7 Å². The molecule has 0 unspecified atom stereocenters. The molecule has 1 atom stereocenters. The Labute approximate surface area is 233 Å². The molecule has 10 heteroatoms. The van der Waals surface area contributed by atoms with Crippen molar-refractivity contribution in [1.29, 1.82) is 0 Å². The third-order valence-corrected chi connectivity index (χ3v) is 9.38. The van der Waals surface area contributed by atoms with Crippen molar-refractivity contribution in [2.75, 3.05) is 31.3 Å². The van der Waals surface area contributed by atoms with Gasteiger partial charge in [0.25, 0.3) is 0 Å². The van der Waals surface area contributed by atoms with Crippen molar-refractivity contribution in [2.24, 2.45) is 0 Å². The highest BCUT2D eigenvalue weighted by Crippen LogP contribution is 2.47. The van der Waals surface area contributed by atoms with Crippen molar-refractivity contribution in [3.05, 3.63) is 59.6 Å². The molecule has 1 saturated carbocycles. The number of rotatable bonds is 10. The minimum absolute atomic E-state index is 0.0549. The van der Waals surface area contributed by atoms with Gasteiger partial charge in [-0.2, -0.15) is 5.10 Å². The van der Waals surface area contributed by atoms with E-state index in [-0.39, 0.29) is 18.2 Å². The second-order valence-electron chi connectivity index (χ2n) is 12.5. The van der Waals surface area contributed by atoms with Gasteiger partial charge in [0.1, 0.15) is 18.8 Å². The van der Waals surface area contributed by atoms with Gasteiger partial charge in [-0.25, -0.2) is 4.68 Å². The van der Waals surface area contributed by atoms with Gasteiger partial charge in [0.15, 0.2) is 5.88 Å². The molecule has 1 aliphatic carbocycles. The van der Waals surface area contributed by atoms with Crippen LogP contribution in [0.1, 0.15) is 33.6 Å². The number of hydrogen-bond donors (Lipinski definition) is 1. The van der Waals surface area contributed by atoms with Crippen molar-refractivity contribution in [2.45, 2.75) is 89.9 Å². The fourth-order valence-electron chi connectivity index (χ4n) is 5.50. The van der Waals surface area contributed by atoms with Gasteiger partial charge < -0.3 is 29.0 Å². The van der Waals surface area contributed by atoms with Crippen LogP contribution in [0.4, 0.5) is 5.82 Å². The summed E-state index contributed by atoms with van der Waals surface area (Å²) in [6.45, 7) is 16.4. The molecule has 0 amide bonds. The van der Waals surface area contributed by atoms with Crippen LogP contribution in [0.3, 0.4) is 0 Å². The van der Waals surface area contributed by atoms with E-state index in [9.17, 15) is 5.11 Å². The Balaban J connectivity index is 1.42. The summed E-state index contributed by atoms with van der Waals surface area (Å²) in [5.41, 5.74) is 1.76. The highest BCUT2D eigenvalue weighted by atomic mass is 28.3. The van der Waals surface area contributed by atoms with Gasteiger partial charge >= 0.3 is 0 Å². The molecule has 1 aromatic rings. The molecule has 214 valence electrons. The maximum Gasteiger partial charge on any atom is 0.196 e. The van der Waals surface area contributed by atoms with Gasteiger partial charge in [-0.3, -0.25) is 4.90 Å². The molecule has 1 aromatic heterocycles. The molecule has 0 radical (unpaired) electrons. The maximum absolute atomic E-state index is 11.7. The number of morpholine rings is 1. The quantitative estimate of drug-likeness (QED) is 0.331. The first-order valence-electron chi connectivity index (χ1n) is 14.2. The van der Waals surface area contributed by atoms with Crippen molar-refractivity contribution < 1.29 is 24.1 Å². The van der Waals surface area contributed by atoms with Crippen molar-refractivity contribution >= 4 is 13.9 Å². The molecule has 4 aliphatic rings. The predicted octanol–water partition coefficient (Wildman–Crippen LogP) is 4.58. The molecule has 0 spiro atoms. The summed E-state index contributed by atoms with van der Waals surface area (Å²) >= 11 is 0. The van der Waals surface area contributed by atoms with Crippen molar-refractivity contribution in [3.8, 4) is 0 Å². The van der Waals surface area contributed by atoms with Crippen LogP contribution in [0.15, 0.2) is 59.6 Å². The molecule has 1 N–H and O–H groups in total. The van der Waals surface area contributed by atoms with Crippen LogP contribution in [0.2, 0.25) is 25.7 Å². The smallest absolute Gasteiger partial charge is 0.196 e. The lowest BCUT2D eigenvalue weighted by molar-refractivity contribution is -0.133. The molecule has 5 rings (SSSR count). The monoisotopic (exact) mass is 556 g/mol. The third-order valence-electron chi connectivity index (χ3n) is 7.67. The molecule has 0 aromatic carbocycles. The summed E-state index contributed by atoms with van der Waals surface area (Å²) in [4.78, 5) is 4.30. The minimum Gasteiger partial charge on any atom is -0.447 e. The van der Waals surface area contributed by atoms with Crippen LogP contribution in [0.25, 0.3) is 0 Å². The van der Waals surface area contributed by atoms with Crippen molar-refractivity contribution in [3.63, 3.8) is 0 Å². The number of aliphatic hydroxyl groups is 1. The standard InChI is InChI=1S/C29H44N4O5Si/c1-21(2)38-23-16-29(34,17-23)25-8-10-32(27-7-9-30-33(27)20-36-13-14-39(4,5)6)26-19-37-28(15-24(25)26)31-11-12-35-18-22(31)3/h7-10,15,19,21-23,34H,11-14,16-18,20H2,1-6H3/t22-,23?,29?/m1/s1. The topological polar surface area (TPSA) is 81.5 Å².